The van der Waals surface area contributed by atoms with Crippen molar-refractivity contribution >= 4 is 18.0 Å². The zero-order valence-electron chi connectivity index (χ0n) is 18.6. The number of carbonyl (C=O) groups excluding carboxylic acids is 3. The maximum atomic E-state index is 12.5. The number of hydrogen-bond donors (Lipinski definition) is 3. The predicted octanol–water partition coefficient (Wildman–Crippen LogP) is 2.57. The molecule has 1 rings (SSSR count). The van der Waals surface area contributed by atoms with E-state index in [1.807, 2.05) is 31.2 Å². The number of nitrogens with one attached hydrogen (secondary N) is 2. The van der Waals surface area contributed by atoms with E-state index in [1.165, 1.54) is 0 Å². The molecule has 0 saturated carbocycles. The summed E-state index contributed by atoms with van der Waals surface area (Å²) in [5.41, 5.74) is 7.03. The van der Waals surface area contributed by atoms with Gasteiger partial charge >= 0.3 is 12.1 Å². The number of nitrogens with two attached hydrogens (primary N) is 1. The van der Waals surface area contributed by atoms with Crippen LogP contribution in [0.5, 0.6) is 0 Å². The van der Waals surface area contributed by atoms with Crippen molar-refractivity contribution in [2.24, 2.45) is 5.73 Å². The molecule has 2 atom stereocenters. The molecule has 0 aliphatic carbocycles. The Hall–Kier alpha value is -2.61. The third-order valence-corrected chi connectivity index (χ3v) is 4.10. The maximum absolute atomic E-state index is 12.5. The lowest BCUT2D eigenvalue weighted by atomic mass is 10.1. The smallest absolute Gasteiger partial charge is 0.407 e. The minimum atomic E-state index is -0.796. The summed E-state index contributed by atoms with van der Waals surface area (Å²) in [6, 6.07) is 6.13. The van der Waals surface area contributed by atoms with E-state index in [1.54, 1.807) is 27.7 Å². The Morgan fingerprint density at radius 2 is 1.73 bits per heavy atom. The molecule has 1 aromatic carbocycles. The lowest BCUT2D eigenvalue weighted by molar-refractivity contribution is -0.149. The van der Waals surface area contributed by atoms with Crippen LogP contribution in [-0.4, -0.2) is 42.2 Å². The Morgan fingerprint density at radius 1 is 1.10 bits per heavy atom. The van der Waals surface area contributed by atoms with Crippen molar-refractivity contribution in [3.63, 3.8) is 0 Å². The summed E-state index contributed by atoms with van der Waals surface area (Å²) in [7, 11) is 0. The summed E-state index contributed by atoms with van der Waals surface area (Å²) in [6.07, 6.45) is 1.11. The largest absolute Gasteiger partial charge is 0.459 e. The second-order valence-corrected chi connectivity index (χ2v) is 8.37. The van der Waals surface area contributed by atoms with E-state index in [0.29, 0.717) is 25.8 Å². The van der Waals surface area contributed by atoms with Crippen LogP contribution in [0.2, 0.25) is 0 Å². The number of aryl methyl sites for hydroxylation is 1. The zero-order valence-corrected chi connectivity index (χ0v) is 18.6. The summed E-state index contributed by atoms with van der Waals surface area (Å²) in [5.74, 6) is -0.927. The fraction of sp³-hybridized carbons (Fsp3) is 0.591. The standard InChI is InChI=1S/C22H35N3O5/c1-15-9-11-17(12-10-15)14-29-20(27)18(25-19(26)16(2)23)8-6-7-13-24-21(28)30-22(3,4)5/h9-12,16,18H,6-8,13-14,23H2,1-5H3,(H,24,28)(H,25,26)/t16-,18-/m0/s1. The van der Waals surface area contributed by atoms with Gasteiger partial charge in [0.1, 0.15) is 18.2 Å². The van der Waals surface area contributed by atoms with Crippen LogP contribution in [-0.2, 0) is 25.7 Å². The molecule has 0 aliphatic heterocycles. The normalized spacial score (nSPS) is 13.1. The van der Waals surface area contributed by atoms with Crippen LogP contribution in [0.4, 0.5) is 4.79 Å². The molecular weight excluding hydrogens is 386 g/mol. The van der Waals surface area contributed by atoms with E-state index in [2.05, 4.69) is 10.6 Å². The Bertz CT molecular complexity index is 696. The molecule has 0 spiro atoms. The molecule has 0 bridgehead atoms. The highest BCUT2D eigenvalue weighted by Gasteiger charge is 2.23. The van der Waals surface area contributed by atoms with Crippen LogP contribution in [0.3, 0.4) is 0 Å². The van der Waals surface area contributed by atoms with Crippen LogP contribution in [0.25, 0.3) is 0 Å². The van der Waals surface area contributed by atoms with Crippen molar-refractivity contribution < 1.29 is 23.9 Å². The molecule has 0 aliphatic rings. The van der Waals surface area contributed by atoms with Gasteiger partial charge in [-0.1, -0.05) is 29.8 Å². The summed E-state index contributed by atoms with van der Waals surface area (Å²) in [4.78, 5) is 36.1. The zero-order chi connectivity index (χ0) is 22.7. The van der Waals surface area contributed by atoms with Crippen molar-refractivity contribution in [2.75, 3.05) is 6.54 Å². The van der Waals surface area contributed by atoms with E-state index in [4.69, 9.17) is 15.2 Å². The lowest BCUT2D eigenvalue weighted by Gasteiger charge is -2.20. The summed E-state index contributed by atoms with van der Waals surface area (Å²) in [6.45, 7) is 9.44. The van der Waals surface area contributed by atoms with Gasteiger partial charge in [0.25, 0.3) is 0 Å². The van der Waals surface area contributed by atoms with Crippen LogP contribution in [0.1, 0.15) is 58.1 Å². The highest BCUT2D eigenvalue weighted by Crippen LogP contribution is 2.09. The fourth-order valence-electron chi connectivity index (χ4n) is 2.47. The van der Waals surface area contributed by atoms with Gasteiger partial charge in [-0.2, -0.15) is 0 Å². The Kier molecular flexibility index (Phi) is 10.3. The van der Waals surface area contributed by atoms with Crippen molar-refractivity contribution in [3.05, 3.63) is 35.4 Å². The first-order valence-electron chi connectivity index (χ1n) is 10.2. The number of rotatable bonds is 10. The van der Waals surface area contributed by atoms with E-state index in [9.17, 15) is 14.4 Å². The van der Waals surface area contributed by atoms with Gasteiger partial charge in [0.05, 0.1) is 6.04 Å². The highest BCUT2D eigenvalue weighted by atomic mass is 16.6. The highest BCUT2D eigenvalue weighted by molar-refractivity contribution is 5.87. The molecule has 2 amide bonds. The van der Waals surface area contributed by atoms with Crippen LogP contribution >= 0.6 is 0 Å². The van der Waals surface area contributed by atoms with Crippen molar-refractivity contribution in [3.8, 4) is 0 Å². The first-order chi connectivity index (χ1) is 14.0. The molecule has 1 aromatic rings. The summed E-state index contributed by atoms with van der Waals surface area (Å²) < 4.78 is 10.5. The first kappa shape index (κ1) is 25.4. The van der Waals surface area contributed by atoms with Crippen LogP contribution in [0.15, 0.2) is 24.3 Å². The number of benzene rings is 1. The monoisotopic (exact) mass is 421 g/mol. The number of alkyl carbamates (subject to hydrolysis) is 1. The molecule has 0 fully saturated rings. The van der Waals surface area contributed by atoms with Crippen LogP contribution in [0, 0.1) is 6.92 Å². The van der Waals surface area contributed by atoms with Gasteiger partial charge in [0.15, 0.2) is 0 Å². The molecular formula is C22H35N3O5. The molecule has 0 unspecified atom stereocenters. The van der Waals surface area contributed by atoms with Gasteiger partial charge in [-0.3, -0.25) is 4.79 Å². The number of carbonyl (C=O) groups is 3. The minimum Gasteiger partial charge on any atom is -0.459 e. The van der Waals surface area contributed by atoms with E-state index in [0.717, 1.165) is 11.1 Å². The minimum absolute atomic E-state index is 0.129. The average Bonchev–Trinajstić information content (AvgIpc) is 2.64. The number of esters is 1. The summed E-state index contributed by atoms with van der Waals surface area (Å²) in [5, 5.41) is 5.31. The SMILES string of the molecule is Cc1ccc(COC(=O)[C@H](CCCCNC(=O)OC(C)(C)C)NC(=O)[C@H](C)N)cc1. The Labute approximate surface area is 178 Å². The van der Waals surface area contributed by atoms with Gasteiger partial charge in [-0.15, -0.1) is 0 Å². The number of unbranched alkanes of at least 4 members (excludes halogenated alkanes) is 1. The van der Waals surface area contributed by atoms with E-state index in [-0.39, 0.29) is 6.61 Å². The van der Waals surface area contributed by atoms with Crippen molar-refractivity contribution in [1.82, 2.24) is 10.6 Å². The van der Waals surface area contributed by atoms with Crippen LogP contribution < -0.4 is 16.4 Å². The molecule has 30 heavy (non-hydrogen) atoms. The molecule has 0 heterocycles. The topological polar surface area (TPSA) is 120 Å². The van der Waals surface area contributed by atoms with Gasteiger partial charge in [-0.05, 0) is 59.4 Å². The molecule has 8 heteroatoms. The Morgan fingerprint density at radius 3 is 2.30 bits per heavy atom. The van der Waals surface area contributed by atoms with Gasteiger partial charge in [-0.25, -0.2) is 9.59 Å². The second-order valence-electron chi connectivity index (χ2n) is 8.37. The second kappa shape index (κ2) is 12.2. The molecule has 0 saturated heterocycles. The number of amides is 2. The van der Waals surface area contributed by atoms with Gasteiger partial charge in [0, 0.05) is 6.54 Å². The Balaban J connectivity index is 2.50. The molecule has 0 aromatic heterocycles. The maximum Gasteiger partial charge on any atom is 0.407 e. The van der Waals surface area contributed by atoms with Gasteiger partial charge < -0.3 is 25.8 Å². The fourth-order valence-corrected chi connectivity index (χ4v) is 2.47. The molecule has 0 radical (unpaired) electrons. The molecule has 4 N–H and O–H groups in total. The summed E-state index contributed by atoms with van der Waals surface area (Å²) >= 11 is 0. The number of ether oxygens (including phenoxy) is 2. The average molecular weight is 422 g/mol. The molecule has 8 nitrogen and oxygen atoms in total. The van der Waals surface area contributed by atoms with E-state index < -0.39 is 35.7 Å². The quantitative estimate of drug-likeness (QED) is 0.394. The third-order valence-electron chi connectivity index (χ3n) is 4.10. The lowest BCUT2D eigenvalue weighted by Crippen LogP contribution is -2.47. The predicted molar refractivity (Wildman–Crippen MR) is 115 cm³/mol. The third kappa shape index (κ3) is 10.8. The van der Waals surface area contributed by atoms with Crippen molar-refractivity contribution in [1.29, 1.82) is 0 Å². The van der Waals surface area contributed by atoms with E-state index >= 15 is 0 Å². The first-order valence-corrected chi connectivity index (χ1v) is 10.2. The van der Waals surface area contributed by atoms with Gasteiger partial charge in [0.2, 0.25) is 5.91 Å². The number of hydrogen-bond acceptors (Lipinski definition) is 6. The van der Waals surface area contributed by atoms with Crippen molar-refractivity contribution in [2.45, 2.75) is 78.2 Å². The molecule has 168 valence electrons.